The zero-order chi connectivity index (χ0) is 13.1. The van der Waals surface area contributed by atoms with E-state index < -0.39 is 0 Å². The van der Waals surface area contributed by atoms with E-state index in [2.05, 4.69) is 27.3 Å². The molecule has 2 rings (SSSR count). The fourth-order valence-corrected chi connectivity index (χ4v) is 2.06. The van der Waals surface area contributed by atoms with E-state index >= 15 is 0 Å². The number of nitrogens with one attached hydrogen (secondary N) is 1. The summed E-state index contributed by atoms with van der Waals surface area (Å²) in [6.07, 6.45) is 2.93. The molecular formula is C12H16ClN5. The van der Waals surface area contributed by atoms with Gasteiger partial charge in [-0.2, -0.15) is 5.10 Å². The fraction of sp³-hybridized carbons (Fsp3) is 0.417. The molecule has 2 aromatic rings. The summed E-state index contributed by atoms with van der Waals surface area (Å²) in [5.74, 6) is 0.735. The minimum atomic E-state index is 0.263. The van der Waals surface area contributed by atoms with Crippen molar-refractivity contribution in [2.75, 3.05) is 5.32 Å². The molecule has 0 fully saturated rings. The van der Waals surface area contributed by atoms with Gasteiger partial charge in [0.05, 0.1) is 5.69 Å². The van der Waals surface area contributed by atoms with Crippen LogP contribution in [-0.4, -0.2) is 19.7 Å². The van der Waals surface area contributed by atoms with Crippen LogP contribution in [-0.2, 0) is 20.0 Å². The predicted octanol–water partition coefficient (Wildman–Crippen LogP) is 2.35. The molecule has 96 valence electrons. The van der Waals surface area contributed by atoms with Gasteiger partial charge in [0.25, 0.3) is 0 Å². The molecule has 0 unspecified atom stereocenters. The lowest BCUT2D eigenvalue weighted by atomic mass is 10.2. The standard InChI is InChI=1S/C12H16ClN5/c1-4-10-9(7-18(3)17-10)6-14-11-5-8(2)15-12(13)16-11/h5,7H,4,6H2,1-3H3,(H,14,15,16). The maximum atomic E-state index is 5.82. The van der Waals surface area contributed by atoms with Gasteiger partial charge in [-0.15, -0.1) is 0 Å². The highest BCUT2D eigenvalue weighted by atomic mass is 35.5. The van der Waals surface area contributed by atoms with Crippen molar-refractivity contribution in [2.24, 2.45) is 7.05 Å². The summed E-state index contributed by atoms with van der Waals surface area (Å²) in [5.41, 5.74) is 3.12. The minimum Gasteiger partial charge on any atom is -0.366 e. The Morgan fingerprint density at radius 1 is 1.39 bits per heavy atom. The van der Waals surface area contributed by atoms with Crippen molar-refractivity contribution in [3.8, 4) is 0 Å². The first kappa shape index (κ1) is 12.8. The third kappa shape index (κ3) is 2.98. The van der Waals surface area contributed by atoms with Crippen molar-refractivity contribution in [2.45, 2.75) is 26.8 Å². The minimum absolute atomic E-state index is 0.263. The SMILES string of the molecule is CCc1nn(C)cc1CNc1cc(C)nc(Cl)n1. The molecule has 0 saturated heterocycles. The van der Waals surface area contributed by atoms with Crippen LogP contribution in [0.25, 0.3) is 0 Å². The Hall–Kier alpha value is -1.62. The van der Waals surface area contributed by atoms with Gasteiger partial charge in [-0.05, 0) is 24.9 Å². The van der Waals surface area contributed by atoms with Crippen molar-refractivity contribution in [3.63, 3.8) is 0 Å². The van der Waals surface area contributed by atoms with Gasteiger partial charge in [0.1, 0.15) is 5.82 Å². The number of hydrogen-bond donors (Lipinski definition) is 1. The van der Waals surface area contributed by atoms with Gasteiger partial charge in [0, 0.05) is 37.1 Å². The number of nitrogens with zero attached hydrogens (tertiary/aromatic N) is 4. The van der Waals surface area contributed by atoms with E-state index in [0.29, 0.717) is 6.54 Å². The second-order valence-electron chi connectivity index (χ2n) is 4.15. The van der Waals surface area contributed by atoms with Gasteiger partial charge in [-0.25, -0.2) is 9.97 Å². The highest BCUT2D eigenvalue weighted by molar-refractivity contribution is 6.28. The molecule has 6 heteroatoms. The Balaban J connectivity index is 2.11. The summed E-state index contributed by atoms with van der Waals surface area (Å²) in [4.78, 5) is 8.15. The Morgan fingerprint density at radius 3 is 2.83 bits per heavy atom. The molecule has 0 aliphatic carbocycles. The first-order chi connectivity index (χ1) is 8.58. The van der Waals surface area contributed by atoms with Crippen molar-refractivity contribution in [1.82, 2.24) is 19.7 Å². The number of aryl methyl sites for hydroxylation is 3. The summed E-state index contributed by atoms with van der Waals surface area (Å²) in [7, 11) is 1.92. The Kier molecular flexibility index (Phi) is 3.81. The molecular weight excluding hydrogens is 250 g/mol. The van der Waals surface area contributed by atoms with Crippen molar-refractivity contribution in [1.29, 1.82) is 0 Å². The maximum Gasteiger partial charge on any atom is 0.224 e. The van der Waals surface area contributed by atoms with Crippen LogP contribution in [0, 0.1) is 6.92 Å². The fourth-order valence-electron chi connectivity index (χ4n) is 1.84. The molecule has 2 heterocycles. The number of anilines is 1. The first-order valence-electron chi connectivity index (χ1n) is 5.85. The highest BCUT2D eigenvalue weighted by Gasteiger charge is 2.06. The lowest BCUT2D eigenvalue weighted by molar-refractivity contribution is 0.746. The summed E-state index contributed by atoms with van der Waals surface area (Å²) in [6, 6.07) is 1.87. The molecule has 0 aromatic carbocycles. The van der Waals surface area contributed by atoms with Crippen molar-refractivity contribution >= 4 is 17.4 Å². The van der Waals surface area contributed by atoms with Crippen LogP contribution in [0.1, 0.15) is 23.9 Å². The number of rotatable bonds is 4. The monoisotopic (exact) mass is 265 g/mol. The molecule has 18 heavy (non-hydrogen) atoms. The predicted molar refractivity (Wildman–Crippen MR) is 71.7 cm³/mol. The molecule has 0 radical (unpaired) electrons. The van der Waals surface area contributed by atoms with Crippen molar-refractivity contribution < 1.29 is 0 Å². The topological polar surface area (TPSA) is 55.6 Å². The molecule has 0 aliphatic rings. The van der Waals surface area contributed by atoms with Crippen molar-refractivity contribution in [3.05, 3.63) is 34.5 Å². The van der Waals surface area contributed by atoms with Gasteiger partial charge in [-0.1, -0.05) is 6.92 Å². The second-order valence-corrected chi connectivity index (χ2v) is 4.48. The van der Waals surface area contributed by atoms with E-state index in [0.717, 1.165) is 23.6 Å². The molecule has 0 atom stereocenters. The normalized spacial score (nSPS) is 10.7. The molecule has 0 saturated carbocycles. The van der Waals surface area contributed by atoms with Crippen LogP contribution in [0.5, 0.6) is 0 Å². The zero-order valence-electron chi connectivity index (χ0n) is 10.7. The first-order valence-corrected chi connectivity index (χ1v) is 6.22. The summed E-state index contributed by atoms with van der Waals surface area (Å²) in [5, 5.41) is 7.90. The van der Waals surface area contributed by atoms with Gasteiger partial charge in [0.15, 0.2) is 0 Å². The average molecular weight is 266 g/mol. The second kappa shape index (κ2) is 5.35. The van der Waals surface area contributed by atoms with E-state index in [1.54, 1.807) is 0 Å². The van der Waals surface area contributed by atoms with Gasteiger partial charge >= 0.3 is 0 Å². The summed E-state index contributed by atoms with van der Waals surface area (Å²) < 4.78 is 1.83. The third-order valence-electron chi connectivity index (χ3n) is 2.61. The van der Waals surface area contributed by atoms with Crippen LogP contribution in [0.15, 0.2) is 12.3 Å². The quantitative estimate of drug-likeness (QED) is 0.862. The largest absolute Gasteiger partial charge is 0.366 e. The zero-order valence-corrected chi connectivity index (χ0v) is 11.5. The molecule has 0 amide bonds. The average Bonchev–Trinajstić information content (AvgIpc) is 2.66. The Bertz CT molecular complexity index is 529. The Morgan fingerprint density at radius 2 is 2.17 bits per heavy atom. The van der Waals surface area contributed by atoms with Crippen LogP contribution in [0.2, 0.25) is 5.28 Å². The van der Waals surface area contributed by atoms with Gasteiger partial charge < -0.3 is 5.32 Å². The van der Waals surface area contributed by atoms with Crippen LogP contribution in [0.3, 0.4) is 0 Å². The van der Waals surface area contributed by atoms with Gasteiger partial charge in [0.2, 0.25) is 5.28 Å². The highest BCUT2D eigenvalue weighted by Crippen LogP contribution is 2.13. The van der Waals surface area contributed by atoms with Crippen LogP contribution >= 0.6 is 11.6 Å². The molecule has 2 aromatic heterocycles. The molecule has 0 bridgehead atoms. The van der Waals surface area contributed by atoms with E-state index in [9.17, 15) is 0 Å². The number of halogens is 1. The summed E-state index contributed by atoms with van der Waals surface area (Å²) in [6.45, 7) is 4.67. The lowest BCUT2D eigenvalue weighted by Gasteiger charge is -2.06. The van der Waals surface area contributed by atoms with E-state index in [1.807, 2.05) is 30.9 Å². The molecule has 5 nitrogen and oxygen atoms in total. The number of aromatic nitrogens is 4. The molecule has 0 aliphatic heterocycles. The summed E-state index contributed by atoms with van der Waals surface area (Å²) >= 11 is 5.82. The lowest BCUT2D eigenvalue weighted by Crippen LogP contribution is -2.04. The molecule has 1 N–H and O–H groups in total. The van der Waals surface area contributed by atoms with Crippen LogP contribution < -0.4 is 5.32 Å². The smallest absolute Gasteiger partial charge is 0.224 e. The van der Waals surface area contributed by atoms with E-state index in [1.165, 1.54) is 5.56 Å². The van der Waals surface area contributed by atoms with Crippen LogP contribution in [0.4, 0.5) is 5.82 Å². The van der Waals surface area contributed by atoms with Gasteiger partial charge in [-0.3, -0.25) is 4.68 Å². The van der Waals surface area contributed by atoms with E-state index in [4.69, 9.17) is 11.6 Å². The molecule has 0 spiro atoms. The number of hydrogen-bond acceptors (Lipinski definition) is 4. The maximum absolute atomic E-state index is 5.82. The van der Waals surface area contributed by atoms with E-state index in [-0.39, 0.29) is 5.28 Å². The Labute approximate surface area is 111 Å². The third-order valence-corrected chi connectivity index (χ3v) is 2.78.